The zero-order valence-electron chi connectivity index (χ0n) is 29.8. The first-order valence-electron chi connectivity index (χ1n) is 16.9. The SMILES string of the molecule is CC[C@H](C)[C@@H](C(CC(=O)O)OC)N(C)C(=O)[C@@H](CC(=O)[C@H](C(C)C)N(C)CCCCCCNC(=O)OCc1ccccc1)C(C)C. The van der Waals surface area contributed by atoms with Gasteiger partial charge in [-0.3, -0.25) is 19.3 Å². The van der Waals surface area contributed by atoms with Crippen LogP contribution in [-0.2, 0) is 30.5 Å². The number of carboxylic acids is 1. The van der Waals surface area contributed by atoms with Crippen molar-refractivity contribution in [3.8, 4) is 0 Å². The number of benzene rings is 1. The Balaban J connectivity index is 2.68. The van der Waals surface area contributed by atoms with E-state index >= 15 is 0 Å². The number of hydrogen-bond donors (Lipinski definition) is 2. The molecule has 1 rings (SSSR count). The summed E-state index contributed by atoms with van der Waals surface area (Å²) < 4.78 is 10.8. The molecular weight excluding hydrogens is 586 g/mol. The Labute approximate surface area is 277 Å². The van der Waals surface area contributed by atoms with Gasteiger partial charge in [0.1, 0.15) is 6.61 Å². The van der Waals surface area contributed by atoms with Crippen molar-refractivity contribution in [3.05, 3.63) is 35.9 Å². The fourth-order valence-electron chi connectivity index (χ4n) is 6.18. The van der Waals surface area contributed by atoms with Crippen LogP contribution < -0.4 is 5.32 Å². The second kappa shape index (κ2) is 21.7. The minimum Gasteiger partial charge on any atom is -0.481 e. The largest absolute Gasteiger partial charge is 0.481 e. The number of unbranched alkanes of at least 4 members (excludes halogenated alkanes) is 3. The van der Waals surface area contributed by atoms with Crippen LogP contribution in [0.2, 0.25) is 0 Å². The molecule has 0 saturated carbocycles. The molecule has 5 atom stereocenters. The summed E-state index contributed by atoms with van der Waals surface area (Å²) in [7, 11) is 5.16. The van der Waals surface area contributed by atoms with E-state index in [1.165, 1.54) is 7.11 Å². The van der Waals surface area contributed by atoms with Gasteiger partial charge < -0.3 is 24.8 Å². The molecule has 0 heterocycles. The highest BCUT2D eigenvalue weighted by Crippen LogP contribution is 2.28. The van der Waals surface area contributed by atoms with Crippen molar-refractivity contribution in [2.45, 2.75) is 111 Å². The number of amides is 2. The summed E-state index contributed by atoms with van der Waals surface area (Å²) in [6.07, 6.45) is 3.29. The van der Waals surface area contributed by atoms with Crippen LogP contribution in [0.25, 0.3) is 0 Å². The van der Waals surface area contributed by atoms with Gasteiger partial charge in [0.15, 0.2) is 5.78 Å². The molecule has 0 aliphatic rings. The predicted octanol–water partition coefficient (Wildman–Crippen LogP) is 6.02. The fourth-order valence-corrected chi connectivity index (χ4v) is 6.18. The van der Waals surface area contributed by atoms with Gasteiger partial charge in [-0.1, -0.05) is 91.1 Å². The van der Waals surface area contributed by atoms with Crippen molar-refractivity contribution in [1.82, 2.24) is 15.1 Å². The summed E-state index contributed by atoms with van der Waals surface area (Å²) in [6, 6.07) is 8.82. The van der Waals surface area contributed by atoms with E-state index in [4.69, 9.17) is 9.47 Å². The quantitative estimate of drug-likeness (QED) is 0.138. The third-order valence-electron chi connectivity index (χ3n) is 8.98. The molecule has 2 N–H and O–H groups in total. The second-order valence-electron chi connectivity index (χ2n) is 13.3. The lowest BCUT2D eigenvalue weighted by molar-refractivity contribution is -0.149. The van der Waals surface area contributed by atoms with Crippen molar-refractivity contribution in [3.63, 3.8) is 0 Å². The molecule has 0 saturated heterocycles. The maximum absolute atomic E-state index is 13.9. The van der Waals surface area contributed by atoms with Gasteiger partial charge in [0, 0.05) is 33.0 Å². The van der Waals surface area contributed by atoms with Crippen LogP contribution in [0.15, 0.2) is 30.3 Å². The number of ether oxygens (including phenoxy) is 2. The summed E-state index contributed by atoms with van der Waals surface area (Å²) >= 11 is 0. The highest BCUT2D eigenvalue weighted by molar-refractivity contribution is 5.90. The average Bonchev–Trinajstić information content (AvgIpc) is 3.01. The molecule has 0 fully saturated rings. The van der Waals surface area contributed by atoms with Gasteiger partial charge in [-0.2, -0.15) is 0 Å². The van der Waals surface area contributed by atoms with Gasteiger partial charge in [-0.25, -0.2) is 4.79 Å². The minimum atomic E-state index is -0.977. The number of ketones is 1. The molecule has 0 aliphatic heterocycles. The maximum atomic E-state index is 13.9. The van der Waals surface area contributed by atoms with Crippen molar-refractivity contribution >= 4 is 23.8 Å². The number of methoxy groups -OCH3 is 1. The fraction of sp³-hybridized carbons (Fsp3) is 0.722. The highest BCUT2D eigenvalue weighted by Gasteiger charge is 2.39. The smallest absolute Gasteiger partial charge is 0.407 e. The number of Topliss-reactive ketones (excluding diaryl/α,β-unsaturated/α-hetero) is 1. The number of carboxylic acid groups (broad SMARTS) is 1. The summed E-state index contributed by atoms with van der Waals surface area (Å²) in [5, 5.41) is 12.3. The Morgan fingerprint density at radius 3 is 2.07 bits per heavy atom. The van der Waals surface area contributed by atoms with Crippen LogP contribution in [0.3, 0.4) is 0 Å². The van der Waals surface area contributed by atoms with Gasteiger partial charge in [0.25, 0.3) is 0 Å². The number of carbonyl (C=O) groups is 4. The lowest BCUT2D eigenvalue weighted by atomic mass is 9.83. The lowest BCUT2D eigenvalue weighted by Crippen LogP contribution is -2.52. The van der Waals surface area contributed by atoms with Crippen LogP contribution in [0, 0.1) is 23.7 Å². The second-order valence-corrected chi connectivity index (χ2v) is 13.3. The number of rotatable bonds is 23. The molecule has 1 aromatic rings. The Morgan fingerprint density at radius 2 is 1.52 bits per heavy atom. The van der Waals surface area contributed by atoms with Crippen LogP contribution in [0.1, 0.15) is 92.1 Å². The molecule has 0 aromatic heterocycles. The van der Waals surface area contributed by atoms with E-state index < -0.39 is 30.1 Å². The lowest BCUT2D eigenvalue weighted by Gasteiger charge is -2.40. The molecule has 262 valence electrons. The van der Waals surface area contributed by atoms with Crippen LogP contribution >= 0.6 is 0 Å². The van der Waals surface area contributed by atoms with E-state index in [1.807, 2.05) is 78.9 Å². The van der Waals surface area contributed by atoms with Gasteiger partial charge in [0.2, 0.25) is 5.91 Å². The molecule has 10 nitrogen and oxygen atoms in total. The molecular formula is C36H61N3O7. The number of alkyl carbamates (subject to hydrolysis) is 1. The molecule has 0 spiro atoms. The summed E-state index contributed by atoms with van der Waals surface area (Å²) in [4.78, 5) is 54.9. The minimum absolute atomic E-state index is 0.0144. The zero-order chi connectivity index (χ0) is 34.8. The van der Waals surface area contributed by atoms with Crippen molar-refractivity contribution in [2.24, 2.45) is 23.7 Å². The molecule has 0 radical (unpaired) electrons. The normalized spacial score (nSPS) is 14.9. The predicted molar refractivity (Wildman–Crippen MR) is 181 cm³/mol. The summed E-state index contributed by atoms with van der Waals surface area (Å²) in [5.41, 5.74) is 0.946. The zero-order valence-corrected chi connectivity index (χ0v) is 29.8. The van der Waals surface area contributed by atoms with E-state index in [0.29, 0.717) is 6.54 Å². The highest BCUT2D eigenvalue weighted by atomic mass is 16.5. The Morgan fingerprint density at radius 1 is 0.891 bits per heavy atom. The molecule has 0 bridgehead atoms. The first kappa shape index (κ1) is 41.0. The molecule has 1 aromatic carbocycles. The van der Waals surface area contributed by atoms with Crippen LogP contribution in [0.5, 0.6) is 0 Å². The third-order valence-corrected chi connectivity index (χ3v) is 8.98. The summed E-state index contributed by atoms with van der Waals surface area (Å²) in [6.45, 7) is 13.5. The first-order chi connectivity index (χ1) is 21.7. The van der Waals surface area contributed by atoms with Gasteiger partial charge >= 0.3 is 12.1 Å². The van der Waals surface area contributed by atoms with Crippen LogP contribution in [0.4, 0.5) is 4.79 Å². The van der Waals surface area contributed by atoms with E-state index in [-0.39, 0.29) is 54.9 Å². The van der Waals surface area contributed by atoms with E-state index in [2.05, 4.69) is 10.2 Å². The van der Waals surface area contributed by atoms with Crippen molar-refractivity contribution < 1.29 is 33.8 Å². The third kappa shape index (κ3) is 14.2. The number of aliphatic carboxylic acids is 1. The number of likely N-dealkylation sites (N-methyl/N-ethyl adjacent to an activating group) is 2. The van der Waals surface area contributed by atoms with E-state index in [9.17, 15) is 24.3 Å². The molecule has 1 unspecified atom stereocenters. The molecule has 10 heteroatoms. The van der Waals surface area contributed by atoms with Gasteiger partial charge in [-0.15, -0.1) is 0 Å². The average molecular weight is 648 g/mol. The number of nitrogens with zero attached hydrogens (tertiary/aromatic N) is 2. The summed E-state index contributed by atoms with van der Waals surface area (Å²) in [5.74, 6) is -1.58. The molecule has 46 heavy (non-hydrogen) atoms. The monoisotopic (exact) mass is 647 g/mol. The Bertz CT molecular complexity index is 1050. The maximum Gasteiger partial charge on any atom is 0.407 e. The van der Waals surface area contributed by atoms with Crippen molar-refractivity contribution in [1.29, 1.82) is 0 Å². The first-order valence-corrected chi connectivity index (χ1v) is 16.9. The van der Waals surface area contributed by atoms with E-state index in [0.717, 1.165) is 44.2 Å². The standard InChI is InChI=1S/C36H61N3O7/c1-10-27(6)34(31(45-9)23-32(41)42)39(8)35(43)29(25(2)3)22-30(40)33(26(4)5)38(7)21-17-12-11-16-20-37-36(44)46-24-28-18-14-13-15-19-28/h13-15,18-19,25-27,29,31,33-34H,10-12,16-17,20-24H2,1-9H3,(H,37,44)(H,41,42)/t27-,29-,31?,33-,34-/m0/s1. The molecule has 2 amide bonds. The number of carbonyl (C=O) groups excluding carboxylic acids is 3. The van der Waals surface area contributed by atoms with Gasteiger partial charge in [-0.05, 0) is 49.8 Å². The molecule has 0 aliphatic carbocycles. The van der Waals surface area contributed by atoms with E-state index in [1.54, 1.807) is 11.9 Å². The Hall–Kier alpha value is -2.98. The topological polar surface area (TPSA) is 125 Å². The Kier molecular flexibility index (Phi) is 19.4. The van der Waals surface area contributed by atoms with Crippen molar-refractivity contribution in [2.75, 3.05) is 34.3 Å². The number of nitrogens with one attached hydrogen (secondary N) is 1. The van der Waals surface area contributed by atoms with Gasteiger partial charge in [0.05, 0.1) is 24.6 Å². The van der Waals surface area contributed by atoms with Crippen LogP contribution in [-0.4, -0.2) is 91.1 Å². The number of hydrogen-bond acceptors (Lipinski definition) is 7.